The molecule has 2 heterocycles. The molecule has 2 fully saturated rings. The number of thiazole rings is 1. The van der Waals surface area contributed by atoms with E-state index in [1.807, 2.05) is 19.2 Å². The van der Waals surface area contributed by atoms with E-state index in [2.05, 4.69) is 10.3 Å². The number of nitrogens with zero attached hydrogens (tertiary/aromatic N) is 2. The molecule has 13 heteroatoms. The molecule has 6 atom stereocenters. The lowest BCUT2D eigenvalue weighted by molar-refractivity contribution is -0.176. The molecular formula is C25H34F3N5O4S. The van der Waals surface area contributed by atoms with Gasteiger partial charge in [-0.15, -0.1) is 11.3 Å². The number of carbonyl (C=O) groups is 4. The number of likely N-dealkylation sites (tertiary alicyclic amines) is 1. The van der Waals surface area contributed by atoms with Gasteiger partial charge in [-0.3, -0.25) is 19.2 Å². The molecule has 4 rings (SSSR count). The predicted octanol–water partition coefficient (Wildman–Crippen LogP) is 2.11. The second-order valence-electron chi connectivity index (χ2n) is 12.3. The van der Waals surface area contributed by atoms with E-state index in [-0.39, 0.29) is 36.1 Å². The molecule has 1 aliphatic heterocycles. The highest BCUT2D eigenvalue weighted by atomic mass is 32.1. The first kappa shape index (κ1) is 28.3. The quantitative estimate of drug-likeness (QED) is 0.472. The third-order valence-electron chi connectivity index (χ3n) is 8.37. The maximum absolute atomic E-state index is 13.6. The van der Waals surface area contributed by atoms with Gasteiger partial charge in [-0.2, -0.15) is 13.2 Å². The first-order valence-corrected chi connectivity index (χ1v) is 13.5. The zero-order chi connectivity index (χ0) is 28.4. The average molecular weight is 558 g/mol. The van der Waals surface area contributed by atoms with E-state index in [4.69, 9.17) is 5.73 Å². The van der Waals surface area contributed by atoms with E-state index in [1.165, 1.54) is 4.90 Å². The van der Waals surface area contributed by atoms with Crippen molar-refractivity contribution in [1.29, 1.82) is 0 Å². The lowest BCUT2D eigenvalue weighted by Gasteiger charge is -2.38. The molecule has 1 aromatic heterocycles. The number of halogens is 3. The third-order valence-corrected chi connectivity index (χ3v) is 9.27. The van der Waals surface area contributed by atoms with Gasteiger partial charge < -0.3 is 21.3 Å². The second-order valence-corrected chi connectivity index (χ2v) is 13.2. The number of hydrogen-bond acceptors (Lipinski definition) is 6. The monoisotopic (exact) mass is 557 g/mol. The van der Waals surface area contributed by atoms with Crippen LogP contribution in [0.25, 0.3) is 0 Å². The molecule has 3 aliphatic rings. The fraction of sp³-hybridized carbons (Fsp3) is 0.720. The number of aromatic nitrogens is 1. The number of rotatable bonds is 7. The number of alkyl halides is 3. The van der Waals surface area contributed by atoms with Crippen LogP contribution in [-0.2, 0) is 25.6 Å². The Hall–Kier alpha value is -2.70. The summed E-state index contributed by atoms with van der Waals surface area (Å²) >= 11 is 1.55. The number of amides is 4. The van der Waals surface area contributed by atoms with Crippen LogP contribution < -0.4 is 16.4 Å². The molecule has 1 saturated heterocycles. The summed E-state index contributed by atoms with van der Waals surface area (Å²) in [4.78, 5) is 58.1. The zero-order valence-corrected chi connectivity index (χ0v) is 22.8. The molecule has 0 aromatic carbocycles. The number of nitrogens with two attached hydrogens (primary N) is 1. The number of aryl methyl sites for hydroxylation is 1. The van der Waals surface area contributed by atoms with Gasteiger partial charge in [0.05, 0.1) is 11.2 Å². The Balaban J connectivity index is 1.55. The molecule has 210 valence electrons. The molecular weight excluding hydrogens is 523 g/mol. The van der Waals surface area contributed by atoms with Crippen LogP contribution in [0.5, 0.6) is 0 Å². The van der Waals surface area contributed by atoms with Gasteiger partial charge in [0.15, 0.2) is 0 Å². The van der Waals surface area contributed by atoms with Crippen molar-refractivity contribution < 1.29 is 32.3 Å². The van der Waals surface area contributed by atoms with Gasteiger partial charge in [-0.05, 0) is 41.9 Å². The van der Waals surface area contributed by atoms with Crippen LogP contribution in [0.1, 0.15) is 63.9 Å². The second kappa shape index (κ2) is 9.49. The Morgan fingerprint density at radius 2 is 1.87 bits per heavy atom. The summed E-state index contributed by atoms with van der Waals surface area (Å²) in [5.41, 5.74) is 6.96. The van der Waals surface area contributed by atoms with Crippen LogP contribution in [0.2, 0.25) is 0 Å². The number of fused-ring (bicyclic) bond motifs is 2. The van der Waals surface area contributed by atoms with Crippen molar-refractivity contribution in [2.24, 2.45) is 28.4 Å². The fourth-order valence-electron chi connectivity index (χ4n) is 6.10. The Morgan fingerprint density at radius 3 is 2.45 bits per heavy atom. The minimum Gasteiger partial charge on any atom is -0.368 e. The van der Waals surface area contributed by atoms with E-state index in [0.717, 1.165) is 23.4 Å². The predicted molar refractivity (Wildman–Crippen MR) is 133 cm³/mol. The highest BCUT2D eigenvalue weighted by Crippen LogP contribution is 2.65. The molecule has 4 N–H and O–H groups in total. The summed E-state index contributed by atoms with van der Waals surface area (Å²) < 4.78 is 39.1. The number of hydrogen-bond donors (Lipinski definition) is 3. The molecule has 0 spiro atoms. The SMILES string of the molecule is CC(C)(C)[C@H](NC(=O)C(F)(F)F)C(=O)N1C[C@H]2[C@@H]([C@H]1C(=O)NC(CC1CCc3scnc31)C(N)=O)C2(C)C. The molecule has 0 bridgehead atoms. The van der Waals surface area contributed by atoms with Gasteiger partial charge in [0.25, 0.3) is 0 Å². The Bertz CT molecular complexity index is 1140. The van der Waals surface area contributed by atoms with Crippen LogP contribution in [0.15, 0.2) is 5.51 Å². The van der Waals surface area contributed by atoms with E-state index in [0.29, 0.717) is 0 Å². The van der Waals surface area contributed by atoms with Gasteiger partial charge >= 0.3 is 12.1 Å². The van der Waals surface area contributed by atoms with Crippen LogP contribution in [-0.4, -0.2) is 64.4 Å². The summed E-state index contributed by atoms with van der Waals surface area (Å²) in [5, 5.41) is 4.56. The largest absolute Gasteiger partial charge is 0.471 e. The fourth-order valence-corrected chi connectivity index (χ4v) is 6.97. The molecule has 9 nitrogen and oxygen atoms in total. The third kappa shape index (κ3) is 5.13. The minimum absolute atomic E-state index is 0.0386. The molecule has 2 aliphatic carbocycles. The Morgan fingerprint density at radius 1 is 1.21 bits per heavy atom. The molecule has 38 heavy (non-hydrogen) atoms. The molecule has 1 aromatic rings. The molecule has 4 amide bonds. The van der Waals surface area contributed by atoms with Crippen LogP contribution in [0.4, 0.5) is 13.2 Å². The molecule has 2 unspecified atom stereocenters. The normalized spacial score (nSPS) is 27.2. The van der Waals surface area contributed by atoms with Crippen molar-refractivity contribution in [2.45, 2.75) is 84.1 Å². The van der Waals surface area contributed by atoms with E-state index >= 15 is 0 Å². The standard InChI is InChI=1S/C25H34F3N5O4S/c1-23(2,3)18(32-22(37)25(26,27)28)21(36)33-9-12-15(24(12,4)5)17(33)20(35)31-13(19(29)34)8-11-6-7-14-16(11)30-10-38-14/h10-13,15,17-18H,6-9H2,1-5H3,(H2,29,34)(H,31,35)(H,32,37)/t11?,12-,13?,15-,17-,18+/m0/s1. The number of carbonyl (C=O) groups excluding carboxylic acids is 4. The van der Waals surface area contributed by atoms with Crippen molar-refractivity contribution in [3.63, 3.8) is 0 Å². The van der Waals surface area contributed by atoms with Crippen LogP contribution >= 0.6 is 11.3 Å². The maximum atomic E-state index is 13.6. The highest BCUT2D eigenvalue weighted by molar-refractivity contribution is 7.09. The van der Waals surface area contributed by atoms with Crippen molar-refractivity contribution >= 4 is 35.0 Å². The Labute approximate surface area is 223 Å². The smallest absolute Gasteiger partial charge is 0.368 e. The minimum atomic E-state index is -5.16. The maximum Gasteiger partial charge on any atom is 0.471 e. The number of piperidine rings is 1. The van der Waals surface area contributed by atoms with Gasteiger partial charge in [0.2, 0.25) is 17.7 Å². The molecule has 1 saturated carbocycles. The van der Waals surface area contributed by atoms with Crippen LogP contribution in [0, 0.1) is 22.7 Å². The summed E-state index contributed by atoms with van der Waals surface area (Å²) in [5.74, 6) is -4.60. The topological polar surface area (TPSA) is 134 Å². The van der Waals surface area contributed by atoms with Crippen molar-refractivity contribution in [2.75, 3.05) is 6.54 Å². The van der Waals surface area contributed by atoms with Crippen molar-refractivity contribution in [3.05, 3.63) is 16.1 Å². The van der Waals surface area contributed by atoms with E-state index < -0.39 is 53.3 Å². The lowest BCUT2D eigenvalue weighted by Crippen LogP contribution is -2.61. The lowest BCUT2D eigenvalue weighted by atomic mass is 9.85. The average Bonchev–Trinajstić information content (AvgIpc) is 3.29. The first-order valence-electron chi connectivity index (χ1n) is 12.6. The van der Waals surface area contributed by atoms with Gasteiger partial charge in [-0.1, -0.05) is 34.6 Å². The molecule has 0 radical (unpaired) electrons. The summed E-state index contributed by atoms with van der Waals surface area (Å²) in [7, 11) is 0. The van der Waals surface area contributed by atoms with E-state index in [1.54, 1.807) is 37.6 Å². The summed E-state index contributed by atoms with van der Waals surface area (Å²) in [6, 6.07) is -3.52. The summed E-state index contributed by atoms with van der Waals surface area (Å²) in [6.45, 7) is 8.71. The van der Waals surface area contributed by atoms with Gasteiger partial charge in [0.1, 0.15) is 18.1 Å². The van der Waals surface area contributed by atoms with Crippen LogP contribution in [0.3, 0.4) is 0 Å². The number of primary amides is 1. The summed E-state index contributed by atoms with van der Waals surface area (Å²) in [6.07, 6.45) is -3.28. The first-order chi connectivity index (χ1) is 17.4. The van der Waals surface area contributed by atoms with Gasteiger partial charge in [0, 0.05) is 17.3 Å². The van der Waals surface area contributed by atoms with E-state index in [9.17, 15) is 32.3 Å². The van der Waals surface area contributed by atoms with Crippen molar-refractivity contribution in [3.8, 4) is 0 Å². The Kier molecular flexibility index (Phi) is 7.07. The number of nitrogens with one attached hydrogen (secondary N) is 2. The van der Waals surface area contributed by atoms with Crippen molar-refractivity contribution in [1.82, 2.24) is 20.5 Å². The highest BCUT2D eigenvalue weighted by Gasteiger charge is 2.70. The van der Waals surface area contributed by atoms with Gasteiger partial charge in [-0.25, -0.2) is 4.98 Å². The zero-order valence-electron chi connectivity index (χ0n) is 22.0.